The second kappa shape index (κ2) is 13.0. The van der Waals surface area contributed by atoms with Crippen LogP contribution in [-0.2, 0) is 0 Å². The van der Waals surface area contributed by atoms with Crippen molar-refractivity contribution >= 4 is 38.9 Å². The number of hydrogen-bond donors (Lipinski definition) is 0. The van der Waals surface area contributed by atoms with Gasteiger partial charge in [0, 0.05) is 33.5 Å². The average molecular weight is 653 g/mol. The molecule has 0 fully saturated rings. The second-order valence-corrected chi connectivity index (χ2v) is 13.1. The summed E-state index contributed by atoms with van der Waals surface area (Å²) in [6, 6.07) is 72.3. The van der Waals surface area contributed by atoms with E-state index in [1.165, 1.54) is 60.8 Å². The van der Waals surface area contributed by atoms with E-state index in [1.54, 1.807) is 0 Å². The molecule has 1 heterocycles. The molecule has 1 aromatic heterocycles. The van der Waals surface area contributed by atoms with Gasteiger partial charge in [0.05, 0.1) is 11.0 Å². The van der Waals surface area contributed by atoms with Crippen LogP contribution in [0.1, 0.15) is 5.56 Å². The quantitative estimate of drug-likeness (QED) is 0.166. The number of fused-ring (bicyclic) bond motifs is 3. The Kier molecular flexibility index (Phi) is 7.75. The fourth-order valence-electron chi connectivity index (χ4n) is 7.29. The molecule has 8 aromatic carbocycles. The van der Waals surface area contributed by atoms with Gasteiger partial charge in [0.2, 0.25) is 0 Å². The molecule has 0 saturated carbocycles. The predicted molar refractivity (Wildman–Crippen MR) is 217 cm³/mol. The van der Waals surface area contributed by atoms with E-state index >= 15 is 0 Å². The van der Waals surface area contributed by atoms with Crippen LogP contribution >= 0.6 is 0 Å². The van der Waals surface area contributed by atoms with Gasteiger partial charge in [-0.2, -0.15) is 0 Å². The zero-order chi connectivity index (χ0) is 34.1. The molecule has 0 aliphatic heterocycles. The van der Waals surface area contributed by atoms with E-state index in [-0.39, 0.29) is 0 Å². The highest BCUT2D eigenvalue weighted by Gasteiger charge is 2.18. The molecule has 2 nitrogen and oxygen atoms in total. The third-order valence-corrected chi connectivity index (χ3v) is 9.83. The van der Waals surface area contributed by atoms with Crippen LogP contribution in [0.4, 0.5) is 17.1 Å². The molecule has 0 spiro atoms. The Morgan fingerprint density at radius 3 is 1.37 bits per heavy atom. The molecule has 0 radical (unpaired) electrons. The molecule has 242 valence electrons. The van der Waals surface area contributed by atoms with Crippen molar-refractivity contribution in [3.8, 4) is 39.1 Å². The number of rotatable bonds is 7. The molecule has 0 saturated heterocycles. The molecule has 0 amide bonds. The molecule has 9 rings (SSSR count). The third kappa shape index (κ3) is 5.77. The van der Waals surface area contributed by atoms with E-state index in [0.29, 0.717) is 0 Å². The van der Waals surface area contributed by atoms with Gasteiger partial charge in [-0.15, -0.1) is 0 Å². The van der Waals surface area contributed by atoms with Crippen molar-refractivity contribution in [1.82, 2.24) is 4.57 Å². The van der Waals surface area contributed by atoms with Crippen LogP contribution in [0.25, 0.3) is 60.9 Å². The molecule has 0 atom stereocenters. The highest BCUT2D eigenvalue weighted by molar-refractivity contribution is 6.10. The van der Waals surface area contributed by atoms with Crippen LogP contribution < -0.4 is 4.90 Å². The summed E-state index contributed by atoms with van der Waals surface area (Å²) < 4.78 is 2.38. The number of benzene rings is 8. The lowest BCUT2D eigenvalue weighted by molar-refractivity contribution is 1.18. The molecule has 0 aliphatic carbocycles. The Morgan fingerprint density at radius 2 is 0.784 bits per heavy atom. The lowest BCUT2D eigenvalue weighted by Gasteiger charge is -2.26. The van der Waals surface area contributed by atoms with Gasteiger partial charge in [0.15, 0.2) is 0 Å². The summed E-state index contributed by atoms with van der Waals surface area (Å²) in [7, 11) is 0. The minimum absolute atomic E-state index is 1.10. The highest BCUT2D eigenvalue weighted by atomic mass is 15.1. The summed E-state index contributed by atoms with van der Waals surface area (Å²) in [5, 5.41) is 2.49. The molecular weight excluding hydrogens is 617 g/mol. The number of aromatic nitrogens is 1. The smallest absolute Gasteiger partial charge is 0.0561 e. The number of nitrogens with zero attached hydrogens (tertiary/aromatic N) is 2. The standard InChI is InChI=1S/C49H36N2/c1-35-21-25-43(26-22-35)50(45-29-30-47-46-19-11-12-20-48(46)51(49(47)34-45)42-17-9-4-10-18-42)44-27-23-38(24-28-44)41-32-39(36-13-5-2-6-14-36)31-40(33-41)37-15-7-3-8-16-37/h2-34H,1H3. The summed E-state index contributed by atoms with van der Waals surface area (Å²) in [5.74, 6) is 0. The van der Waals surface area contributed by atoms with Gasteiger partial charge in [0.1, 0.15) is 0 Å². The van der Waals surface area contributed by atoms with Gasteiger partial charge in [0.25, 0.3) is 0 Å². The monoisotopic (exact) mass is 652 g/mol. The van der Waals surface area contributed by atoms with Crippen molar-refractivity contribution in [2.75, 3.05) is 4.90 Å². The second-order valence-electron chi connectivity index (χ2n) is 13.1. The summed E-state index contributed by atoms with van der Waals surface area (Å²) in [4.78, 5) is 2.37. The van der Waals surface area contributed by atoms with Crippen molar-refractivity contribution in [3.63, 3.8) is 0 Å². The summed E-state index contributed by atoms with van der Waals surface area (Å²) >= 11 is 0. The van der Waals surface area contributed by atoms with E-state index in [4.69, 9.17) is 0 Å². The van der Waals surface area contributed by atoms with Gasteiger partial charge in [-0.25, -0.2) is 0 Å². The first-order chi connectivity index (χ1) is 25.2. The Morgan fingerprint density at radius 1 is 0.333 bits per heavy atom. The SMILES string of the molecule is Cc1ccc(N(c2ccc(-c3cc(-c4ccccc4)cc(-c4ccccc4)c3)cc2)c2ccc3c4ccccc4n(-c4ccccc4)c3c2)cc1. The van der Waals surface area contributed by atoms with Gasteiger partial charge in [-0.05, 0) is 113 Å². The molecule has 51 heavy (non-hydrogen) atoms. The number of aryl methyl sites for hydroxylation is 1. The van der Waals surface area contributed by atoms with Crippen molar-refractivity contribution < 1.29 is 0 Å². The molecule has 0 N–H and O–H groups in total. The van der Waals surface area contributed by atoms with Crippen LogP contribution in [0.5, 0.6) is 0 Å². The molecule has 0 aliphatic rings. The first-order valence-electron chi connectivity index (χ1n) is 17.5. The Balaban J connectivity index is 1.18. The highest BCUT2D eigenvalue weighted by Crippen LogP contribution is 2.41. The largest absolute Gasteiger partial charge is 0.310 e. The summed E-state index contributed by atoms with van der Waals surface area (Å²) in [6.45, 7) is 2.14. The normalized spacial score (nSPS) is 11.2. The summed E-state index contributed by atoms with van der Waals surface area (Å²) in [5.41, 5.74) is 15.3. The van der Waals surface area contributed by atoms with E-state index in [9.17, 15) is 0 Å². The molecule has 2 heteroatoms. The zero-order valence-corrected chi connectivity index (χ0v) is 28.4. The number of anilines is 3. The molecule has 0 unspecified atom stereocenters. The average Bonchev–Trinajstić information content (AvgIpc) is 3.53. The van der Waals surface area contributed by atoms with E-state index in [1.807, 2.05) is 0 Å². The minimum atomic E-state index is 1.10. The van der Waals surface area contributed by atoms with Crippen molar-refractivity contribution in [2.45, 2.75) is 6.92 Å². The Bertz CT molecular complexity index is 2540. The first kappa shape index (κ1) is 30.4. The van der Waals surface area contributed by atoms with Crippen molar-refractivity contribution in [2.24, 2.45) is 0 Å². The Hall–Kier alpha value is -6.64. The van der Waals surface area contributed by atoms with Crippen LogP contribution in [0.2, 0.25) is 0 Å². The van der Waals surface area contributed by atoms with Crippen LogP contribution in [0.15, 0.2) is 200 Å². The maximum Gasteiger partial charge on any atom is 0.0561 e. The zero-order valence-electron chi connectivity index (χ0n) is 28.4. The fraction of sp³-hybridized carbons (Fsp3) is 0.0204. The predicted octanol–water partition coefficient (Wildman–Crippen LogP) is 13.6. The molecule has 0 bridgehead atoms. The van der Waals surface area contributed by atoms with Gasteiger partial charge in [-0.1, -0.05) is 133 Å². The van der Waals surface area contributed by atoms with E-state index in [2.05, 4.69) is 217 Å². The Labute approximate surface area is 299 Å². The minimum Gasteiger partial charge on any atom is -0.310 e. The number of hydrogen-bond acceptors (Lipinski definition) is 1. The van der Waals surface area contributed by atoms with E-state index < -0.39 is 0 Å². The number of para-hydroxylation sites is 2. The maximum absolute atomic E-state index is 2.38. The first-order valence-corrected chi connectivity index (χ1v) is 17.5. The van der Waals surface area contributed by atoms with Gasteiger partial charge < -0.3 is 9.47 Å². The molecular formula is C49H36N2. The van der Waals surface area contributed by atoms with Crippen LogP contribution in [0, 0.1) is 6.92 Å². The van der Waals surface area contributed by atoms with Crippen molar-refractivity contribution in [1.29, 1.82) is 0 Å². The van der Waals surface area contributed by atoms with Crippen molar-refractivity contribution in [3.05, 3.63) is 206 Å². The maximum atomic E-state index is 2.38. The third-order valence-electron chi connectivity index (χ3n) is 9.83. The van der Waals surface area contributed by atoms with E-state index in [0.717, 1.165) is 22.7 Å². The molecule has 9 aromatic rings. The summed E-state index contributed by atoms with van der Waals surface area (Å²) in [6.07, 6.45) is 0. The van der Waals surface area contributed by atoms with Gasteiger partial charge >= 0.3 is 0 Å². The lowest BCUT2D eigenvalue weighted by Crippen LogP contribution is -2.10. The lowest BCUT2D eigenvalue weighted by atomic mass is 9.93. The van der Waals surface area contributed by atoms with Crippen LogP contribution in [-0.4, -0.2) is 4.57 Å². The topological polar surface area (TPSA) is 8.17 Å². The fourth-order valence-corrected chi connectivity index (χ4v) is 7.29. The van der Waals surface area contributed by atoms with Gasteiger partial charge in [-0.3, -0.25) is 0 Å². The van der Waals surface area contributed by atoms with Crippen LogP contribution in [0.3, 0.4) is 0 Å².